The van der Waals surface area contributed by atoms with E-state index >= 15 is 0 Å². The summed E-state index contributed by atoms with van der Waals surface area (Å²) in [7, 11) is 0. The molecule has 0 heterocycles. The summed E-state index contributed by atoms with van der Waals surface area (Å²) in [6, 6.07) is 5.14. The van der Waals surface area contributed by atoms with Crippen LogP contribution in [-0.2, 0) is 0 Å². The lowest BCUT2D eigenvalue weighted by Gasteiger charge is -2.11. The van der Waals surface area contributed by atoms with Crippen LogP contribution in [0.15, 0.2) is 24.3 Å². The van der Waals surface area contributed by atoms with Crippen LogP contribution in [0.25, 0.3) is 0 Å². The summed E-state index contributed by atoms with van der Waals surface area (Å²) >= 11 is 4.88. The highest BCUT2D eigenvalue weighted by molar-refractivity contribution is 7.80. The molecule has 100 valence electrons. The maximum Gasteiger partial charge on any atom is 0.573 e. The Morgan fingerprint density at radius 1 is 1.28 bits per heavy atom. The summed E-state index contributed by atoms with van der Waals surface area (Å²) in [6.45, 7) is 0.223. The number of ether oxygens (including phenoxy) is 1. The van der Waals surface area contributed by atoms with Crippen LogP contribution >= 0.6 is 12.2 Å². The Kier molecular flexibility index (Phi) is 5.17. The summed E-state index contributed by atoms with van der Waals surface area (Å²) in [5.74, 6) is -0.303. The summed E-state index contributed by atoms with van der Waals surface area (Å²) in [5.41, 5.74) is 0.514. The third kappa shape index (κ3) is 5.69. The van der Waals surface area contributed by atoms with E-state index < -0.39 is 6.36 Å². The molecule has 0 aliphatic rings. The SMILES string of the molecule is OCCNC(=S)Nc1ccc(OC(F)(F)F)cc1. The van der Waals surface area contributed by atoms with Crippen molar-refractivity contribution < 1.29 is 23.0 Å². The monoisotopic (exact) mass is 280 g/mol. The molecule has 0 aliphatic heterocycles. The first-order valence-electron chi connectivity index (χ1n) is 4.92. The number of aliphatic hydroxyl groups is 1. The molecule has 1 aromatic rings. The number of anilines is 1. The smallest absolute Gasteiger partial charge is 0.406 e. The molecule has 1 rings (SSSR count). The molecule has 0 amide bonds. The van der Waals surface area contributed by atoms with Gasteiger partial charge in [-0.15, -0.1) is 13.2 Å². The minimum absolute atomic E-state index is 0.0693. The number of halogens is 3. The Hall–Kier alpha value is -1.54. The molecule has 3 N–H and O–H groups in total. The highest BCUT2D eigenvalue weighted by Gasteiger charge is 2.30. The number of rotatable bonds is 4. The van der Waals surface area contributed by atoms with Gasteiger partial charge in [-0.1, -0.05) is 0 Å². The van der Waals surface area contributed by atoms with Crippen LogP contribution in [0.4, 0.5) is 18.9 Å². The Morgan fingerprint density at radius 2 is 1.89 bits per heavy atom. The second kappa shape index (κ2) is 6.41. The lowest BCUT2D eigenvalue weighted by molar-refractivity contribution is -0.274. The van der Waals surface area contributed by atoms with Gasteiger partial charge >= 0.3 is 6.36 Å². The second-order valence-corrected chi connectivity index (χ2v) is 3.58. The van der Waals surface area contributed by atoms with E-state index in [1.54, 1.807) is 0 Å². The van der Waals surface area contributed by atoms with E-state index in [-0.39, 0.29) is 17.5 Å². The lowest BCUT2D eigenvalue weighted by atomic mass is 10.3. The molecule has 4 nitrogen and oxygen atoms in total. The van der Waals surface area contributed by atoms with Gasteiger partial charge < -0.3 is 20.5 Å². The molecule has 0 atom stereocenters. The number of nitrogens with one attached hydrogen (secondary N) is 2. The zero-order valence-corrected chi connectivity index (χ0v) is 9.94. The van der Waals surface area contributed by atoms with Crippen molar-refractivity contribution >= 4 is 23.0 Å². The normalized spacial score (nSPS) is 10.9. The molecule has 8 heteroatoms. The minimum Gasteiger partial charge on any atom is -0.406 e. The van der Waals surface area contributed by atoms with Crippen LogP contribution < -0.4 is 15.4 Å². The van der Waals surface area contributed by atoms with Gasteiger partial charge in [0.2, 0.25) is 0 Å². The first-order chi connectivity index (χ1) is 8.40. The van der Waals surface area contributed by atoms with Crippen LogP contribution in [-0.4, -0.2) is 29.7 Å². The molecule has 0 saturated carbocycles. The quantitative estimate of drug-likeness (QED) is 0.735. The van der Waals surface area contributed by atoms with Crippen LogP contribution in [0.2, 0.25) is 0 Å². The predicted molar refractivity (Wildman–Crippen MR) is 64.4 cm³/mol. The van der Waals surface area contributed by atoms with E-state index in [0.29, 0.717) is 12.2 Å². The van der Waals surface area contributed by atoms with E-state index in [0.717, 1.165) is 0 Å². The molecule has 0 saturated heterocycles. The summed E-state index contributed by atoms with van der Waals surface area (Å²) in [4.78, 5) is 0. The third-order valence-corrected chi connectivity index (χ3v) is 1.99. The van der Waals surface area contributed by atoms with E-state index in [2.05, 4.69) is 15.4 Å². The zero-order chi connectivity index (χ0) is 13.6. The molecule has 0 unspecified atom stereocenters. The van der Waals surface area contributed by atoms with E-state index in [1.807, 2.05) is 0 Å². The molecule has 0 radical (unpaired) electrons. The van der Waals surface area contributed by atoms with Crippen molar-refractivity contribution in [3.63, 3.8) is 0 Å². The van der Waals surface area contributed by atoms with Crippen molar-refractivity contribution in [2.75, 3.05) is 18.5 Å². The average Bonchev–Trinajstić information content (AvgIpc) is 2.27. The third-order valence-electron chi connectivity index (χ3n) is 1.74. The Balaban J connectivity index is 2.52. The number of hydrogen-bond acceptors (Lipinski definition) is 3. The molecule has 1 aromatic carbocycles. The van der Waals surface area contributed by atoms with Gasteiger partial charge in [-0.3, -0.25) is 0 Å². The number of alkyl halides is 3. The van der Waals surface area contributed by atoms with Crippen molar-refractivity contribution in [2.45, 2.75) is 6.36 Å². The van der Waals surface area contributed by atoms with E-state index in [9.17, 15) is 13.2 Å². The number of hydrogen-bond donors (Lipinski definition) is 3. The van der Waals surface area contributed by atoms with Crippen molar-refractivity contribution in [3.8, 4) is 5.75 Å². The van der Waals surface area contributed by atoms with Crippen LogP contribution in [0.5, 0.6) is 5.75 Å². The van der Waals surface area contributed by atoms with Gasteiger partial charge in [-0.2, -0.15) is 0 Å². The van der Waals surface area contributed by atoms with Crippen molar-refractivity contribution in [1.82, 2.24) is 5.32 Å². The number of benzene rings is 1. The molecular formula is C10H11F3N2O2S. The zero-order valence-electron chi connectivity index (χ0n) is 9.12. The summed E-state index contributed by atoms with van der Waals surface area (Å²) in [6.07, 6.45) is -4.70. The minimum atomic E-state index is -4.70. The molecule has 0 aliphatic carbocycles. The number of thiocarbonyl (C=S) groups is 1. The predicted octanol–water partition coefficient (Wildman–Crippen LogP) is 1.86. The van der Waals surface area contributed by atoms with Crippen LogP contribution in [0.3, 0.4) is 0 Å². The molecule has 0 bridgehead atoms. The number of aliphatic hydroxyl groups excluding tert-OH is 1. The fraction of sp³-hybridized carbons (Fsp3) is 0.300. The van der Waals surface area contributed by atoms with Gasteiger partial charge in [-0.25, -0.2) is 0 Å². The second-order valence-electron chi connectivity index (χ2n) is 3.18. The Morgan fingerprint density at radius 3 is 2.39 bits per heavy atom. The van der Waals surface area contributed by atoms with Gasteiger partial charge in [0.15, 0.2) is 5.11 Å². The molecule has 18 heavy (non-hydrogen) atoms. The topological polar surface area (TPSA) is 53.5 Å². The lowest BCUT2D eigenvalue weighted by Crippen LogP contribution is -2.30. The standard InChI is InChI=1S/C10H11F3N2O2S/c11-10(12,13)17-8-3-1-7(2-4-8)15-9(18)14-5-6-16/h1-4,16H,5-6H2,(H2,14,15,18). The Labute approximate surface area is 107 Å². The average molecular weight is 280 g/mol. The first-order valence-corrected chi connectivity index (χ1v) is 5.33. The van der Waals surface area contributed by atoms with Crippen LogP contribution in [0, 0.1) is 0 Å². The van der Waals surface area contributed by atoms with Gasteiger partial charge in [0.25, 0.3) is 0 Å². The highest BCUT2D eigenvalue weighted by Crippen LogP contribution is 2.23. The van der Waals surface area contributed by atoms with Crippen LogP contribution in [0.1, 0.15) is 0 Å². The molecule has 0 fully saturated rings. The first kappa shape index (κ1) is 14.5. The largest absolute Gasteiger partial charge is 0.573 e. The maximum absolute atomic E-state index is 11.9. The van der Waals surface area contributed by atoms with E-state index in [1.165, 1.54) is 24.3 Å². The van der Waals surface area contributed by atoms with E-state index in [4.69, 9.17) is 17.3 Å². The Bertz CT molecular complexity index is 395. The van der Waals surface area contributed by atoms with Crippen molar-refractivity contribution in [3.05, 3.63) is 24.3 Å². The molecular weight excluding hydrogens is 269 g/mol. The van der Waals surface area contributed by atoms with Crippen molar-refractivity contribution in [1.29, 1.82) is 0 Å². The molecule has 0 aromatic heterocycles. The van der Waals surface area contributed by atoms with Gasteiger partial charge in [-0.05, 0) is 36.5 Å². The molecule has 0 spiro atoms. The summed E-state index contributed by atoms with van der Waals surface area (Å²) in [5, 5.41) is 14.3. The van der Waals surface area contributed by atoms with Crippen molar-refractivity contribution in [2.24, 2.45) is 0 Å². The fourth-order valence-electron chi connectivity index (χ4n) is 1.08. The highest BCUT2D eigenvalue weighted by atomic mass is 32.1. The summed E-state index contributed by atoms with van der Waals surface area (Å²) < 4.78 is 39.4. The fourth-order valence-corrected chi connectivity index (χ4v) is 1.30. The van der Waals surface area contributed by atoms with Gasteiger partial charge in [0, 0.05) is 12.2 Å². The van der Waals surface area contributed by atoms with Gasteiger partial charge in [0.1, 0.15) is 5.75 Å². The maximum atomic E-state index is 11.9. The van der Waals surface area contributed by atoms with Gasteiger partial charge in [0.05, 0.1) is 6.61 Å².